The molecule has 0 bridgehead atoms. The smallest absolute Gasteiger partial charge is 0.338 e. The molecule has 0 fully saturated rings. The van der Waals surface area contributed by atoms with E-state index in [9.17, 15) is 9.18 Å². The number of anilines is 1. The first-order valence-corrected chi connectivity index (χ1v) is 8.51. The highest BCUT2D eigenvalue weighted by molar-refractivity contribution is 14.1. The molecule has 0 spiro atoms. The van der Waals surface area contributed by atoms with Gasteiger partial charge in [-0.1, -0.05) is 0 Å². The zero-order valence-corrected chi connectivity index (χ0v) is 14.0. The van der Waals surface area contributed by atoms with Crippen molar-refractivity contribution in [3.8, 4) is 0 Å². The lowest BCUT2D eigenvalue weighted by atomic mass is 9.94. The molecule has 1 aromatic carbocycles. The number of carbonyl (C=O) groups is 1. The first-order chi connectivity index (χ1) is 10.0. The van der Waals surface area contributed by atoms with Crippen LogP contribution in [0.3, 0.4) is 0 Å². The number of carboxylic acids is 1. The van der Waals surface area contributed by atoms with Gasteiger partial charge in [0.25, 0.3) is 0 Å². The summed E-state index contributed by atoms with van der Waals surface area (Å²) in [6.07, 6.45) is 3.21. The monoisotopic (exact) mass is 417 g/mol. The fourth-order valence-corrected chi connectivity index (χ4v) is 4.77. The Morgan fingerprint density at radius 2 is 2.24 bits per heavy atom. The van der Waals surface area contributed by atoms with E-state index in [1.807, 2.05) is 11.3 Å². The number of aromatic carboxylic acids is 1. The third kappa shape index (κ3) is 3.06. The Hall–Kier alpha value is -1.15. The van der Waals surface area contributed by atoms with Crippen molar-refractivity contribution in [2.75, 3.05) is 5.32 Å². The van der Waals surface area contributed by atoms with Crippen molar-refractivity contribution in [2.24, 2.45) is 0 Å². The second kappa shape index (κ2) is 5.92. The highest BCUT2D eigenvalue weighted by atomic mass is 127. The van der Waals surface area contributed by atoms with Crippen molar-refractivity contribution in [1.29, 1.82) is 0 Å². The van der Waals surface area contributed by atoms with Crippen molar-refractivity contribution >= 4 is 45.6 Å². The van der Waals surface area contributed by atoms with Crippen molar-refractivity contribution in [1.82, 2.24) is 0 Å². The topological polar surface area (TPSA) is 49.3 Å². The molecule has 1 unspecified atom stereocenters. The number of halogens is 2. The molecular formula is C15H13FINO2S. The van der Waals surface area contributed by atoms with Crippen molar-refractivity contribution in [2.45, 2.75) is 25.3 Å². The molecule has 1 aromatic heterocycles. The molecule has 0 amide bonds. The zero-order valence-electron chi connectivity index (χ0n) is 11.0. The molecule has 1 aliphatic carbocycles. The average Bonchev–Trinajstić information content (AvgIpc) is 2.82. The van der Waals surface area contributed by atoms with Gasteiger partial charge in [-0.05, 0) is 71.7 Å². The number of fused-ring (bicyclic) bond motifs is 1. The minimum atomic E-state index is -1.24. The molecule has 2 N–H and O–H groups in total. The van der Waals surface area contributed by atoms with Crippen molar-refractivity contribution < 1.29 is 14.3 Å². The molecule has 1 aliphatic rings. The van der Waals surface area contributed by atoms with Crippen LogP contribution >= 0.6 is 33.9 Å². The van der Waals surface area contributed by atoms with Crippen LogP contribution in [0.25, 0.3) is 0 Å². The van der Waals surface area contributed by atoms with Gasteiger partial charge in [-0.2, -0.15) is 0 Å². The number of rotatable bonds is 3. The number of benzene rings is 1. The van der Waals surface area contributed by atoms with E-state index in [1.54, 1.807) is 6.07 Å². The molecule has 1 heterocycles. The highest BCUT2D eigenvalue weighted by Crippen LogP contribution is 2.38. The molecule has 110 valence electrons. The standard InChI is InChI=1S/C15H13FINO2S/c16-11-5-4-8(6-9(11)15(19)20)18-12-2-1-3-13-10(12)7-14(17)21-13/h4-7,12,18H,1-3H2,(H,19,20). The molecule has 3 nitrogen and oxygen atoms in total. The molecule has 0 saturated carbocycles. The number of aryl methyl sites for hydroxylation is 1. The van der Waals surface area contributed by atoms with E-state index in [2.05, 4.69) is 34.0 Å². The van der Waals surface area contributed by atoms with Crippen LogP contribution in [-0.2, 0) is 6.42 Å². The Labute approximate surface area is 139 Å². The maximum atomic E-state index is 13.4. The molecule has 2 aromatic rings. The summed E-state index contributed by atoms with van der Waals surface area (Å²) in [5, 5.41) is 12.3. The minimum Gasteiger partial charge on any atom is -0.478 e. The Morgan fingerprint density at radius 1 is 1.43 bits per heavy atom. The minimum absolute atomic E-state index is 0.167. The van der Waals surface area contributed by atoms with Gasteiger partial charge in [0.1, 0.15) is 5.82 Å². The lowest BCUT2D eigenvalue weighted by molar-refractivity contribution is 0.0692. The van der Waals surface area contributed by atoms with Crippen LogP contribution in [-0.4, -0.2) is 11.1 Å². The maximum absolute atomic E-state index is 13.4. The van der Waals surface area contributed by atoms with Crippen molar-refractivity contribution in [3.05, 3.63) is 49.0 Å². The predicted molar refractivity (Wildman–Crippen MR) is 89.7 cm³/mol. The summed E-state index contributed by atoms with van der Waals surface area (Å²) in [7, 11) is 0. The van der Waals surface area contributed by atoms with Gasteiger partial charge in [0.05, 0.1) is 14.5 Å². The van der Waals surface area contributed by atoms with Gasteiger partial charge in [-0.15, -0.1) is 11.3 Å². The Morgan fingerprint density at radius 3 is 3.00 bits per heavy atom. The highest BCUT2D eigenvalue weighted by Gasteiger charge is 2.23. The number of carboxylic acid groups (broad SMARTS) is 1. The van der Waals surface area contributed by atoms with Gasteiger partial charge in [-0.3, -0.25) is 0 Å². The van der Waals surface area contributed by atoms with E-state index in [4.69, 9.17) is 5.11 Å². The van der Waals surface area contributed by atoms with E-state index < -0.39 is 11.8 Å². The molecule has 0 radical (unpaired) electrons. The second-order valence-corrected chi connectivity index (χ2v) is 8.05. The summed E-state index contributed by atoms with van der Waals surface area (Å²) in [6.45, 7) is 0. The SMILES string of the molecule is O=C(O)c1cc(NC2CCCc3sc(I)cc32)ccc1F. The van der Waals surface area contributed by atoms with E-state index in [0.717, 1.165) is 19.3 Å². The Bertz CT molecular complexity index is 701. The molecule has 0 aliphatic heterocycles. The van der Waals surface area contributed by atoms with Crippen LogP contribution in [0.2, 0.25) is 0 Å². The molecule has 0 saturated heterocycles. The van der Waals surface area contributed by atoms with Crippen LogP contribution in [0.4, 0.5) is 10.1 Å². The number of hydrogen-bond donors (Lipinski definition) is 2. The van der Waals surface area contributed by atoms with Gasteiger partial charge in [0, 0.05) is 10.6 Å². The lowest BCUT2D eigenvalue weighted by Gasteiger charge is -2.24. The third-order valence-electron chi connectivity index (χ3n) is 3.62. The van der Waals surface area contributed by atoms with Crippen LogP contribution in [0.5, 0.6) is 0 Å². The quantitative estimate of drug-likeness (QED) is 0.714. The summed E-state index contributed by atoms with van der Waals surface area (Å²) in [6, 6.07) is 6.50. The van der Waals surface area contributed by atoms with Crippen LogP contribution < -0.4 is 5.32 Å². The lowest BCUT2D eigenvalue weighted by Crippen LogP contribution is -2.16. The molecular weight excluding hydrogens is 404 g/mol. The molecule has 21 heavy (non-hydrogen) atoms. The number of nitrogens with one attached hydrogen (secondary N) is 1. The summed E-state index contributed by atoms with van der Waals surface area (Å²) >= 11 is 4.13. The number of hydrogen-bond acceptors (Lipinski definition) is 3. The maximum Gasteiger partial charge on any atom is 0.338 e. The predicted octanol–water partition coefficient (Wildman–Crippen LogP) is 4.68. The van der Waals surface area contributed by atoms with E-state index in [1.165, 1.54) is 25.5 Å². The van der Waals surface area contributed by atoms with Crippen LogP contribution in [0.1, 0.15) is 39.7 Å². The van der Waals surface area contributed by atoms with Gasteiger partial charge in [0.2, 0.25) is 0 Å². The van der Waals surface area contributed by atoms with Gasteiger partial charge in [-0.25, -0.2) is 9.18 Å². The fourth-order valence-electron chi connectivity index (χ4n) is 2.65. The van der Waals surface area contributed by atoms with Crippen LogP contribution in [0, 0.1) is 8.70 Å². The Balaban J connectivity index is 1.88. The van der Waals surface area contributed by atoms with Gasteiger partial charge >= 0.3 is 5.97 Å². The summed E-state index contributed by atoms with van der Waals surface area (Å²) in [5.41, 5.74) is 1.64. The first kappa shape index (κ1) is 14.8. The summed E-state index contributed by atoms with van der Waals surface area (Å²) < 4.78 is 14.7. The molecule has 1 atom stereocenters. The van der Waals surface area contributed by atoms with Crippen LogP contribution in [0.15, 0.2) is 24.3 Å². The first-order valence-electron chi connectivity index (χ1n) is 6.62. The fraction of sp³-hybridized carbons (Fsp3) is 0.267. The van der Waals surface area contributed by atoms with Gasteiger partial charge in [0.15, 0.2) is 0 Å². The second-order valence-electron chi connectivity index (χ2n) is 5.02. The van der Waals surface area contributed by atoms with E-state index in [0.29, 0.717) is 5.69 Å². The average molecular weight is 417 g/mol. The van der Waals surface area contributed by atoms with Crippen molar-refractivity contribution in [3.63, 3.8) is 0 Å². The largest absolute Gasteiger partial charge is 0.478 e. The molecule has 3 rings (SSSR count). The number of thiophene rings is 1. The summed E-state index contributed by atoms with van der Waals surface area (Å²) in [4.78, 5) is 12.4. The molecule has 6 heteroatoms. The third-order valence-corrected chi connectivity index (χ3v) is 5.59. The van der Waals surface area contributed by atoms with Gasteiger partial charge < -0.3 is 10.4 Å². The zero-order chi connectivity index (χ0) is 15.0. The Kier molecular flexibility index (Phi) is 4.17. The normalized spacial score (nSPS) is 17.3. The van der Waals surface area contributed by atoms with E-state index >= 15 is 0 Å². The van der Waals surface area contributed by atoms with E-state index in [-0.39, 0.29) is 11.6 Å². The summed E-state index contributed by atoms with van der Waals surface area (Å²) in [5.74, 6) is -1.95.